The maximum Gasteiger partial charge on any atom is 0.311 e. The van der Waals surface area contributed by atoms with Crippen LogP contribution >= 0.6 is 11.6 Å². The van der Waals surface area contributed by atoms with Crippen molar-refractivity contribution in [1.82, 2.24) is 4.90 Å². The standard InChI is InChI=1S/C20H28ClNO4/c1-13-7-6-8-16(21)15(13)11-22-10-14(2)20(12-22,18(24)25)9-17(23)26-19(3,4)5/h6-8,14H,9-12H2,1-5H3,(H,24,25)/t14-,20+/m0/s1. The lowest BCUT2D eigenvalue weighted by molar-refractivity contribution is -0.166. The van der Waals surface area contributed by atoms with Crippen molar-refractivity contribution in [3.63, 3.8) is 0 Å². The molecule has 2 atom stereocenters. The lowest BCUT2D eigenvalue weighted by Crippen LogP contribution is -2.41. The molecule has 5 nitrogen and oxygen atoms in total. The summed E-state index contributed by atoms with van der Waals surface area (Å²) in [5.41, 5.74) is 0.301. The summed E-state index contributed by atoms with van der Waals surface area (Å²) in [7, 11) is 0. The van der Waals surface area contributed by atoms with E-state index in [4.69, 9.17) is 16.3 Å². The molecule has 1 N–H and O–H groups in total. The minimum absolute atomic E-state index is 0.126. The fourth-order valence-corrected chi connectivity index (χ4v) is 3.89. The quantitative estimate of drug-likeness (QED) is 0.783. The van der Waals surface area contributed by atoms with Crippen molar-refractivity contribution in [2.45, 2.75) is 53.2 Å². The van der Waals surface area contributed by atoms with Crippen molar-refractivity contribution in [3.8, 4) is 0 Å². The molecule has 144 valence electrons. The Morgan fingerprint density at radius 2 is 2.04 bits per heavy atom. The molecule has 1 aromatic carbocycles. The number of carbonyl (C=O) groups is 2. The van der Waals surface area contributed by atoms with Gasteiger partial charge in [-0.3, -0.25) is 14.5 Å². The molecule has 1 aromatic rings. The lowest BCUT2D eigenvalue weighted by Gasteiger charge is -2.29. The molecule has 0 aromatic heterocycles. The summed E-state index contributed by atoms with van der Waals surface area (Å²) in [6.45, 7) is 10.7. The van der Waals surface area contributed by atoms with Crippen molar-refractivity contribution >= 4 is 23.5 Å². The van der Waals surface area contributed by atoms with E-state index in [1.807, 2.05) is 32.0 Å². The highest BCUT2D eigenvalue weighted by molar-refractivity contribution is 6.31. The first-order valence-electron chi connectivity index (χ1n) is 8.86. The third-order valence-electron chi connectivity index (χ3n) is 5.02. The third-order valence-corrected chi connectivity index (χ3v) is 5.38. The number of carboxylic acid groups (broad SMARTS) is 1. The first-order chi connectivity index (χ1) is 11.9. The van der Waals surface area contributed by atoms with Crippen LogP contribution in [-0.2, 0) is 20.9 Å². The number of carbonyl (C=O) groups excluding carboxylic acids is 1. The van der Waals surface area contributed by atoms with E-state index < -0.39 is 23.0 Å². The summed E-state index contributed by atoms with van der Waals surface area (Å²) in [5.74, 6) is -1.59. The number of rotatable bonds is 5. The second kappa shape index (κ2) is 7.57. The zero-order valence-electron chi connectivity index (χ0n) is 16.1. The van der Waals surface area contributed by atoms with E-state index >= 15 is 0 Å². The van der Waals surface area contributed by atoms with Crippen LogP contribution in [0.25, 0.3) is 0 Å². The minimum atomic E-state index is -1.14. The molecule has 1 aliphatic heterocycles. The molecule has 26 heavy (non-hydrogen) atoms. The van der Waals surface area contributed by atoms with E-state index in [0.717, 1.165) is 11.1 Å². The summed E-state index contributed by atoms with van der Waals surface area (Å²) in [6.07, 6.45) is -0.126. The van der Waals surface area contributed by atoms with Crippen LogP contribution in [0.1, 0.15) is 45.2 Å². The van der Waals surface area contributed by atoms with Gasteiger partial charge in [0.15, 0.2) is 0 Å². The Bertz CT molecular complexity index is 677. The second-order valence-electron chi connectivity index (χ2n) is 8.33. The van der Waals surface area contributed by atoms with Crippen molar-refractivity contribution < 1.29 is 19.4 Å². The smallest absolute Gasteiger partial charge is 0.311 e. The maximum atomic E-state index is 12.3. The Balaban J connectivity index is 2.19. The third kappa shape index (κ3) is 4.57. The van der Waals surface area contributed by atoms with Crippen molar-refractivity contribution in [1.29, 1.82) is 0 Å². The molecule has 0 radical (unpaired) electrons. The Kier molecular flexibility index (Phi) is 6.03. The monoisotopic (exact) mass is 381 g/mol. The number of halogens is 1. The number of ether oxygens (including phenoxy) is 1. The van der Waals surface area contributed by atoms with Gasteiger partial charge >= 0.3 is 11.9 Å². The summed E-state index contributed by atoms with van der Waals surface area (Å²) in [4.78, 5) is 26.5. The van der Waals surface area contributed by atoms with Gasteiger partial charge in [0, 0.05) is 24.7 Å². The van der Waals surface area contributed by atoms with Gasteiger partial charge in [-0.25, -0.2) is 0 Å². The fraction of sp³-hybridized carbons (Fsp3) is 0.600. The molecule has 0 unspecified atom stereocenters. The van der Waals surface area contributed by atoms with Crippen LogP contribution < -0.4 is 0 Å². The van der Waals surface area contributed by atoms with Gasteiger partial charge < -0.3 is 9.84 Å². The van der Waals surface area contributed by atoms with Crippen LogP contribution in [0.5, 0.6) is 0 Å². The van der Waals surface area contributed by atoms with E-state index in [2.05, 4.69) is 4.90 Å². The van der Waals surface area contributed by atoms with Crippen LogP contribution in [0.2, 0.25) is 5.02 Å². The molecule has 1 aliphatic rings. The van der Waals surface area contributed by atoms with E-state index in [0.29, 0.717) is 24.7 Å². The molecule has 1 fully saturated rings. The fourth-order valence-electron chi connectivity index (χ4n) is 3.61. The molecular formula is C20H28ClNO4. The predicted molar refractivity (Wildman–Crippen MR) is 101 cm³/mol. The van der Waals surface area contributed by atoms with E-state index in [-0.39, 0.29) is 12.3 Å². The number of likely N-dealkylation sites (tertiary alicyclic amines) is 1. The van der Waals surface area contributed by atoms with Crippen LogP contribution in [0.4, 0.5) is 0 Å². The molecule has 1 saturated heterocycles. The molecular weight excluding hydrogens is 354 g/mol. The van der Waals surface area contributed by atoms with Gasteiger partial charge in [0.05, 0.1) is 11.8 Å². The molecule has 2 rings (SSSR count). The van der Waals surface area contributed by atoms with Gasteiger partial charge in [-0.1, -0.05) is 30.7 Å². The van der Waals surface area contributed by atoms with Crippen LogP contribution in [0.15, 0.2) is 18.2 Å². The second-order valence-corrected chi connectivity index (χ2v) is 8.74. The Morgan fingerprint density at radius 3 is 2.58 bits per heavy atom. The van der Waals surface area contributed by atoms with Gasteiger partial charge in [0.2, 0.25) is 0 Å². The average Bonchev–Trinajstić information content (AvgIpc) is 2.78. The molecule has 0 spiro atoms. The first-order valence-corrected chi connectivity index (χ1v) is 9.24. The number of esters is 1. The van der Waals surface area contributed by atoms with Crippen molar-refractivity contribution in [3.05, 3.63) is 34.3 Å². The molecule has 0 amide bonds. The highest BCUT2D eigenvalue weighted by atomic mass is 35.5. The molecule has 0 saturated carbocycles. The van der Waals surface area contributed by atoms with Gasteiger partial charge in [-0.15, -0.1) is 0 Å². The Morgan fingerprint density at radius 1 is 1.38 bits per heavy atom. The summed E-state index contributed by atoms with van der Waals surface area (Å²) in [6, 6.07) is 5.73. The number of benzene rings is 1. The summed E-state index contributed by atoms with van der Waals surface area (Å²) < 4.78 is 5.37. The van der Waals surface area contributed by atoms with E-state index in [1.54, 1.807) is 20.8 Å². The molecule has 0 bridgehead atoms. The van der Waals surface area contributed by atoms with Crippen LogP contribution in [0.3, 0.4) is 0 Å². The van der Waals surface area contributed by atoms with Gasteiger partial charge in [-0.05, 0) is 50.8 Å². The minimum Gasteiger partial charge on any atom is -0.481 e. The van der Waals surface area contributed by atoms with Gasteiger partial charge in [0.25, 0.3) is 0 Å². The number of hydrogen-bond donors (Lipinski definition) is 1. The number of aryl methyl sites for hydroxylation is 1. The molecule has 1 heterocycles. The summed E-state index contributed by atoms with van der Waals surface area (Å²) in [5, 5.41) is 10.6. The zero-order chi connectivity index (χ0) is 19.7. The largest absolute Gasteiger partial charge is 0.481 e. The first kappa shape index (κ1) is 20.7. The molecule has 6 heteroatoms. The number of nitrogens with zero attached hydrogens (tertiary/aromatic N) is 1. The average molecular weight is 382 g/mol. The highest BCUT2D eigenvalue weighted by Gasteiger charge is 2.52. The maximum absolute atomic E-state index is 12.3. The highest BCUT2D eigenvalue weighted by Crippen LogP contribution is 2.41. The Hall–Kier alpha value is -1.59. The zero-order valence-corrected chi connectivity index (χ0v) is 16.9. The van der Waals surface area contributed by atoms with Crippen molar-refractivity contribution in [2.24, 2.45) is 11.3 Å². The van der Waals surface area contributed by atoms with E-state index in [9.17, 15) is 14.7 Å². The van der Waals surface area contributed by atoms with Crippen LogP contribution in [-0.4, -0.2) is 40.6 Å². The van der Waals surface area contributed by atoms with Gasteiger partial charge in [0.1, 0.15) is 5.60 Å². The Labute approximate surface area is 160 Å². The van der Waals surface area contributed by atoms with Gasteiger partial charge in [-0.2, -0.15) is 0 Å². The van der Waals surface area contributed by atoms with E-state index in [1.165, 1.54) is 0 Å². The number of aliphatic carboxylic acids is 1. The summed E-state index contributed by atoms with van der Waals surface area (Å²) >= 11 is 6.32. The normalized spacial score (nSPS) is 23.8. The predicted octanol–water partition coefficient (Wildman–Crippen LogP) is 3.90. The lowest BCUT2D eigenvalue weighted by atomic mass is 9.76. The number of hydrogen-bond acceptors (Lipinski definition) is 4. The number of carboxylic acids is 1. The van der Waals surface area contributed by atoms with Crippen LogP contribution in [0, 0.1) is 18.3 Å². The SMILES string of the molecule is Cc1cccc(Cl)c1CN1C[C@H](C)[C@](CC(=O)OC(C)(C)C)(C(=O)O)C1. The topological polar surface area (TPSA) is 66.8 Å². The van der Waals surface area contributed by atoms with Crippen molar-refractivity contribution in [2.75, 3.05) is 13.1 Å². The molecule has 0 aliphatic carbocycles.